The fourth-order valence-electron chi connectivity index (χ4n) is 1.29. The molecule has 0 aliphatic heterocycles. The Hall–Kier alpha value is -1.03. The summed E-state index contributed by atoms with van der Waals surface area (Å²) < 4.78 is 6.43. The van der Waals surface area contributed by atoms with Crippen LogP contribution in [0.5, 0.6) is 5.75 Å². The van der Waals surface area contributed by atoms with Gasteiger partial charge in [-0.05, 0) is 38.0 Å². The van der Waals surface area contributed by atoms with Crippen molar-refractivity contribution in [1.82, 2.24) is 5.32 Å². The van der Waals surface area contributed by atoms with Gasteiger partial charge in [0.2, 0.25) is 0 Å². The Bertz CT molecular complexity index is 393. The summed E-state index contributed by atoms with van der Waals surface area (Å²) in [6.07, 6.45) is 0.918. The molecule has 17 heavy (non-hydrogen) atoms. The van der Waals surface area contributed by atoms with E-state index in [1.165, 1.54) is 0 Å². The number of rotatable bonds is 5. The van der Waals surface area contributed by atoms with E-state index in [9.17, 15) is 4.79 Å². The van der Waals surface area contributed by atoms with Gasteiger partial charge in [-0.3, -0.25) is 4.79 Å². The Balaban J connectivity index is 2.50. The monoisotopic (exact) mass is 299 g/mol. The zero-order chi connectivity index (χ0) is 12.8. The molecule has 1 N–H and O–H groups in total. The first-order valence-electron chi connectivity index (χ1n) is 5.71. The molecule has 1 aromatic rings. The molecule has 1 rings (SSSR count). The van der Waals surface area contributed by atoms with Crippen LogP contribution in [0.1, 0.15) is 25.8 Å². The summed E-state index contributed by atoms with van der Waals surface area (Å²) in [4.78, 5) is 11.5. The van der Waals surface area contributed by atoms with Gasteiger partial charge in [0.15, 0.2) is 6.61 Å². The predicted molar refractivity (Wildman–Crippen MR) is 72.3 cm³/mol. The van der Waals surface area contributed by atoms with Crippen LogP contribution in [0.25, 0.3) is 0 Å². The highest BCUT2D eigenvalue weighted by molar-refractivity contribution is 9.10. The molecule has 3 nitrogen and oxygen atoms in total. The Kier molecular flexibility index (Phi) is 5.48. The van der Waals surface area contributed by atoms with Crippen LogP contribution < -0.4 is 10.1 Å². The van der Waals surface area contributed by atoms with Crippen LogP contribution in [0.15, 0.2) is 22.7 Å². The molecule has 4 heteroatoms. The van der Waals surface area contributed by atoms with Gasteiger partial charge in [0.25, 0.3) is 5.91 Å². The van der Waals surface area contributed by atoms with Crippen LogP contribution >= 0.6 is 15.9 Å². The Morgan fingerprint density at radius 1 is 1.53 bits per heavy atom. The van der Waals surface area contributed by atoms with Crippen LogP contribution in [0.2, 0.25) is 0 Å². The zero-order valence-electron chi connectivity index (χ0n) is 10.4. The Morgan fingerprint density at radius 2 is 2.24 bits per heavy atom. The molecule has 0 fully saturated rings. The molecule has 0 aliphatic rings. The van der Waals surface area contributed by atoms with E-state index in [0.717, 1.165) is 22.2 Å². The lowest BCUT2D eigenvalue weighted by Gasteiger charge is -2.13. The number of aryl methyl sites for hydroxylation is 1. The molecule has 1 amide bonds. The molecule has 0 heterocycles. The first-order valence-corrected chi connectivity index (χ1v) is 6.50. The van der Waals surface area contributed by atoms with Gasteiger partial charge in [0.1, 0.15) is 5.75 Å². The van der Waals surface area contributed by atoms with E-state index in [2.05, 4.69) is 21.2 Å². The van der Waals surface area contributed by atoms with E-state index in [0.29, 0.717) is 0 Å². The van der Waals surface area contributed by atoms with E-state index in [1.54, 1.807) is 0 Å². The molecule has 0 bridgehead atoms. The third-order valence-electron chi connectivity index (χ3n) is 2.53. The van der Waals surface area contributed by atoms with Crippen molar-refractivity contribution in [3.8, 4) is 5.75 Å². The molecule has 0 saturated carbocycles. The third kappa shape index (κ3) is 4.77. The second kappa shape index (κ2) is 6.64. The molecule has 0 spiro atoms. The van der Waals surface area contributed by atoms with Gasteiger partial charge in [-0.25, -0.2) is 0 Å². The number of carbonyl (C=O) groups excluding carboxylic acids is 1. The largest absolute Gasteiger partial charge is 0.483 e. The summed E-state index contributed by atoms with van der Waals surface area (Å²) in [6, 6.07) is 5.95. The number of hydrogen-bond donors (Lipinski definition) is 1. The maximum Gasteiger partial charge on any atom is 0.258 e. The third-order valence-corrected chi connectivity index (χ3v) is 3.02. The van der Waals surface area contributed by atoms with E-state index >= 15 is 0 Å². The first-order chi connectivity index (χ1) is 8.02. The number of benzene rings is 1. The van der Waals surface area contributed by atoms with E-state index in [4.69, 9.17) is 4.74 Å². The standard InChI is InChI=1S/C13H18BrNO2/c1-4-10(3)15-13(16)8-17-12-7-11(14)6-5-9(12)2/h5-7,10H,4,8H2,1-3H3,(H,15,16). The molecule has 94 valence electrons. The summed E-state index contributed by atoms with van der Waals surface area (Å²) >= 11 is 3.37. The first kappa shape index (κ1) is 14.0. The van der Waals surface area contributed by atoms with Crippen LogP contribution in [0.3, 0.4) is 0 Å². The Morgan fingerprint density at radius 3 is 2.88 bits per heavy atom. The summed E-state index contributed by atoms with van der Waals surface area (Å²) in [5.74, 6) is 0.650. The number of amides is 1. The molecular formula is C13H18BrNO2. The lowest BCUT2D eigenvalue weighted by molar-refractivity contribution is -0.123. The average Bonchev–Trinajstić information content (AvgIpc) is 2.30. The van der Waals surface area contributed by atoms with Crippen LogP contribution in [-0.4, -0.2) is 18.6 Å². The van der Waals surface area contributed by atoms with Gasteiger partial charge in [0, 0.05) is 10.5 Å². The minimum atomic E-state index is -0.0845. The van der Waals surface area contributed by atoms with Crippen LogP contribution in [-0.2, 0) is 4.79 Å². The van der Waals surface area contributed by atoms with Gasteiger partial charge >= 0.3 is 0 Å². The van der Waals surface area contributed by atoms with Gasteiger partial charge in [-0.1, -0.05) is 28.9 Å². The highest BCUT2D eigenvalue weighted by Crippen LogP contribution is 2.22. The predicted octanol–water partition coefficient (Wildman–Crippen LogP) is 3.05. The van der Waals surface area contributed by atoms with Crippen molar-refractivity contribution in [3.05, 3.63) is 28.2 Å². The smallest absolute Gasteiger partial charge is 0.258 e. The van der Waals surface area contributed by atoms with Crippen molar-refractivity contribution in [2.75, 3.05) is 6.61 Å². The van der Waals surface area contributed by atoms with Crippen molar-refractivity contribution >= 4 is 21.8 Å². The van der Waals surface area contributed by atoms with Crippen molar-refractivity contribution in [2.45, 2.75) is 33.2 Å². The van der Waals surface area contributed by atoms with Crippen LogP contribution in [0, 0.1) is 6.92 Å². The number of hydrogen-bond acceptors (Lipinski definition) is 2. The minimum Gasteiger partial charge on any atom is -0.483 e. The second-order valence-electron chi connectivity index (χ2n) is 4.08. The maximum absolute atomic E-state index is 11.5. The van der Waals surface area contributed by atoms with E-state index in [1.807, 2.05) is 39.0 Å². The summed E-state index contributed by atoms with van der Waals surface area (Å²) in [5.41, 5.74) is 1.02. The highest BCUT2D eigenvalue weighted by atomic mass is 79.9. The number of carbonyl (C=O) groups is 1. The van der Waals surface area contributed by atoms with Crippen molar-refractivity contribution < 1.29 is 9.53 Å². The molecular weight excluding hydrogens is 282 g/mol. The van der Waals surface area contributed by atoms with Crippen molar-refractivity contribution in [3.63, 3.8) is 0 Å². The van der Waals surface area contributed by atoms with Gasteiger partial charge < -0.3 is 10.1 Å². The van der Waals surface area contributed by atoms with Crippen LogP contribution in [0.4, 0.5) is 0 Å². The van der Waals surface area contributed by atoms with E-state index in [-0.39, 0.29) is 18.6 Å². The van der Waals surface area contributed by atoms with Gasteiger partial charge in [-0.2, -0.15) is 0 Å². The minimum absolute atomic E-state index is 0.0572. The summed E-state index contributed by atoms with van der Waals surface area (Å²) in [5, 5.41) is 2.86. The normalized spacial score (nSPS) is 12.0. The molecule has 1 aromatic carbocycles. The lowest BCUT2D eigenvalue weighted by Crippen LogP contribution is -2.35. The summed E-state index contributed by atoms with van der Waals surface area (Å²) in [7, 11) is 0. The fourth-order valence-corrected chi connectivity index (χ4v) is 1.63. The molecule has 0 saturated heterocycles. The molecule has 0 aliphatic carbocycles. The quantitative estimate of drug-likeness (QED) is 0.907. The van der Waals surface area contributed by atoms with Gasteiger partial charge in [-0.15, -0.1) is 0 Å². The molecule has 1 unspecified atom stereocenters. The van der Waals surface area contributed by atoms with Gasteiger partial charge in [0.05, 0.1) is 0 Å². The number of nitrogens with one attached hydrogen (secondary N) is 1. The second-order valence-corrected chi connectivity index (χ2v) is 4.99. The molecule has 0 aromatic heterocycles. The van der Waals surface area contributed by atoms with Crippen molar-refractivity contribution in [1.29, 1.82) is 0 Å². The van der Waals surface area contributed by atoms with E-state index < -0.39 is 0 Å². The topological polar surface area (TPSA) is 38.3 Å². The molecule has 1 atom stereocenters. The number of ether oxygens (including phenoxy) is 1. The molecule has 0 radical (unpaired) electrons. The number of halogens is 1. The Labute approximate surface area is 111 Å². The van der Waals surface area contributed by atoms with Crippen molar-refractivity contribution in [2.24, 2.45) is 0 Å². The SMILES string of the molecule is CCC(C)NC(=O)COc1cc(Br)ccc1C. The summed E-state index contributed by atoms with van der Waals surface area (Å²) in [6.45, 7) is 6.02. The zero-order valence-corrected chi connectivity index (χ0v) is 12.0. The fraction of sp³-hybridized carbons (Fsp3) is 0.462. The average molecular weight is 300 g/mol. The lowest BCUT2D eigenvalue weighted by atomic mass is 10.2. The highest BCUT2D eigenvalue weighted by Gasteiger charge is 2.07. The maximum atomic E-state index is 11.5.